The highest BCUT2D eigenvalue weighted by atomic mass is 16.4. The van der Waals surface area contributed by atoms with Crippen LogP contribution in [-0.2, 0) is 9.59 Å². The molecule has 0 heterocycles. The highest BCUT2D eigenvalue weighted by Gasteiger charge is 2.38. The minimum absolute atomic E-state index is 0.564. The van der Waals surface area contributed by atoms with Gasteiger partial charge in [0, 0.05) is 0 Å². The lowest BCUT2D eigenvalue weighted by Gasteiger charge is -2.30. The van der Waals surface area contributed by atoms with Crippen molar-refractivity contribution in [3.05, 3.63) is 70.3 Å². The molecule has 3 rings (SSSR count). The van der Waals surface area contributed by atoms with E-state index in [2.05, 4.69) is 0 Å². The maximum atomic E-state index is 11.7. The first kappa shape index (κ1) is 13.4. The molecule has 2 aromatic carbocycles. The molecule has 0 saturated carbocycles. The number of fused-ring (bicyclic) bond motifs is 2. The molecule has 2 aromatic rings. The Morgan fingerprint density at radius 2 is 1.29 bits per heavy atom. The molecule has 2 N–H and O–H groups in total. The predicted molar refractivity (Wildman–Crippen MR) is 76.6 cm³/mol. The Bertz CT molecular complexity index is 748. The van der Waals surface area contributed by atoms with Crippen LogP contribution in [0.4, 0.5) is 0 Å². The van der Waals surface area contributed by atoms with Gasteiger partial charge in [-0.1, -0.05) is 48.0 Å². The van der Waals surface area contributed by atoms with Crippen LogP contribution < -0.4 is 0 Å². The minimum Gasteiger partial charge on any atom is -0.481 e. The Morgan fingerprint density at radius 3 is 1.81 bits per heavy atom. The van der Waals surface area contributed by atoms with E-state index in [9.17, 15) is 19.8 Å². The SMILES string of the molecule is Cc1ccc2c(c1)C(C(=O)O)c1ccccc1C2C(=O)O. The third kappa shape index (κ3) is 2.00. The Hall–Kier alpha value is -2.62. The Kier molecular flexibility index (Phi) is 3.01. The van der Waals surface area contributed by atoms with Crippen LogP contribution in [0.2, 0.25) is 0 Å². The van der Waals surface area contributed by atoms with E-state index in [4.69, 9.17) is 0 Å². The fourth-order valence-corrected chi connectivity index (χ4v) is 3.11. The van der Waals surface area contributed by atoms with E-state index in [0.29, 0.717) is 22.3 Å². The van der Waals surface area contributed by atoms with Gasteiger partial charge in [-0.2, -0.15) is 0 Å². The Morgan fingerprint density at radius 1 is 0.810 bits per heavy atom. The quantitative estimate of drug-likeness (QED) is 0.888. The molecule has 0 fully saturated rings. The van der Waals surface area contributed by atoms with Gasteiger partial charge in [-0.25, -0.2) is 0 Å². The molecule has 2 atom stereocenters. The van der Waals surface area contributed by atoms with Gasteiger partial charge in [0.05, 0.1) is 0 Å². The number of hydrogen-bond donors (Lipinski definition) is 2. The van der Waals surface area contributed by atoms with Crippen molar-refractivity contribution in [1.82, 2.24) is 0 Å². The molecule has 4 heteroatoms. The second-order valence-electron chi connectivity index (χ2n) is 5.30. The van der Waals surface area contributed by atoms with Crippen molar-refractivity contribution in [1.29, 1.82) is 0 Å². The zero-order chi connectivity index (χ0) is 15.1. The molecular weight excluding hydrogens is 268 g/mol. The summed E-state index contributed by atoms with van der Waals surface area (Å²) in [4.78, 5) is 23.4. The fraction of sp³-hybridized carbons (Fsp3) is 0.176. The number of hydrogen-bond acceptors (Lipinski definition) is 2. The van der Waals surface area contributed by atoms with E-state index in [-0.39, 0.29) is 0 Å². The van der Waals surface area contributed by atoms with Crippen LogP contribution in [-0.4, -0.2) is 22.2 Å². The van der Waals surface area contributed by atoms with Gasteiger partial charge < -0.3 is 10.2 Å². The summed E-state index contributed by atoms with van der Waals surface area (Å²) in [5, 5.41) is 19.2. The van der Waals surface area contributed by atoms with Crippen molar-refractivity contribution in [3.63, 3.8) is 0 Å². The Labute approximate surface area is 121 Å². The molecule has 1 aliphatic rings. The zero-order valence-corrected chi connectivity index (χ0v) is 11.4. The lowest BCUT2D eigenvalue weighted by atomic mass is 9.72. The summed E-state index contributed by atoms with van der Waals surface area (Å²) in [5.74, 6) is -3.55. The van der Waals surface area contributed by atoms with Crippen molar-refractivity contribution in [2.75, 3.05) is 0 Å². The lowest BCUT2D eigenvalue weighted by Crippen LogP contribution is -2.27. The van der Waals surface area contributed by atoms with Gasteiger partial charge in [0.15, 0.2) is 0 Å². The summed E-state index contributed by atoms with van der Waals surface area (Å²) in [6.45, 7) is 1.87. The topological polar surface area (TPSA) is 74.6 Å². The van der Waals surface area contributed by atoms with Gasteiger partial charge in [0.2, 0.25) is 0 Å². The average molecular weight is 282 g/mol. The average Bonchev–Trinajstić information content (AvgIpc) is 2.43. The highest BCUT2D eigenvalue weighted by molar-refractivity contribution is 5.89. The van der Waals surface area contributed by atoms with E-state index < -0.39 is 23.8 Å². The van der Waals surface area contributed by atoms with E-state index >= 15 is 0 Å². The Balaban J connectivity index is 2.35. The minimum atomic E-state index is -0.962. The number of carbonyl (C=O) groups is 2. The van der Waals surface area contributed by atoms with Crippen molar-refractivity contribution in [2.24, 2.45) is 0 Å². The fourth-order valence-electron chi connectivity index (χ4n) is 3.11. The van der Waals surface area contributed by atoms with E-state index in [0.717, 1.165) is 5.56 Å². The maximum Gasteiger partial charge on any atom is 0.315 e. The molecule has 4 nitrogen and oxygen atoms in total. The molecule has 1 aliphatic carbocycles. The van der Waals surface area contributed by atoms with E-state index in [1.54, 1.807) is 36.4 Å². The first-order valence-corrected chi connectivity index (χ1v) is 6.65. The van der Waals surface area contributed by atoms with Crippen LogP contribution in [0, 0.1) is 6.92 Å². The normalized spacial score (nSPS) is 19.5. The first-order valence-electron chi connectivity index (χ1n) is 6.65. The number of rotatable bonds is 2. The van der Waals surface area contributed by atoms with Crippen molar-refractivity contribution in [2.45, 2.75) is 18.8 Å². The number of benzene rings is 2. The number of aryl methyl sites for hydroxylation is 1. The summed E-state index contributed by atoms with van der Waals surface area (Å²) in [7, 11) is 0. The second kappa shape index (κ2) is 4.74. The lowest BCUT2D eigenvalue weighted by molar-refractivity contribution is -0.140. The molecule has 0 spiro atoms. The monoisotopic (exact) mass is 282 g/mol. The molecule has 0 bridgehead atoms. The van der Waals surface area contributed by atoms with Crippen molar-refractivity contribution < 1.29 is 19.8 Å². The molecule has 0 saturated heterocycles. The maximum absolute atomic E-state index is 11.7. The van der Waals surface area contributed by atoms with E-state index in [1.807, 2.05) is 13.0 Å². The van der Waals surface area contributed by atoms with Crippen molar-refractivity contribution in [3.8, 4) is 0 Å². The van der Waals surface area contributed by atoms with Gasteiger partial charge in [0.1, 0.15) is 11.8 Å². The smallest absolute Gasteiger partial charge is 0.315 e. The van der Waals surface area contributed by atoms with Crippen LogP contribution in [0.1, 0.15) is 39.7 Å². The van der Waals surface area contributed by atoms with Gasteiger partial charge in [0.25, 0.3) is 0 Å². The summed E-state index contributed by atoms with van der Waals surface area (Å²) in [6, 6.07) is 12.2. The number of carboxylic acid groups (broad SMARTS) is 2. The second-order valence-corrected chi connectivity index (χ2v) is 5.30. The molecule has 106 valence electrons. The standard InChI is InChI=1S/C17H14O4/c1-9-6-7-12-13(8-9)15(17(20)21)11-5-3-2-4-10(11)14(12)16(18)19/h2-8,14-15H,1H3,(H,18,19)(H,20,21). The summed E-state index contributed by atoms with van der Waals surface area (Å²) >= 11 is 0. The molecule has 2 unspecified atom stereocenters. The molecular formula is C17H14O4. The molecule has 0 radical (unpaired) electrons. The van der Waals surface area contributed by atoms with Crippen LogP contribution in [0.5, 0.6) is 0 Å². The third-order valence-electron chi connectivity index (χ3n) is 3.98. The molecule has 21 heavy (non-hydrogen) atoms. The van der Waals surface area contributed by atoms with Crippen LogP contribution >= 0.6 is 0 Å². The molecule has 0 aliphatic heterocycles. The van der Waals surface area contributed by atoms with E-state index in [1.165, 1.54) is 0 Å². The summed E-state index contributed by atoms with van der Waals surface area (Å²) in [6.07, 6.45) is 0. The summed E-state index contributed by atoms with van der Waals surface area (Å²) in [5.41, 5.74) is 3.19. The molecule has 0 aromatic heterocycles. The van der Waals surface area contributed by atoms with Crippen LogP contribution in [0.25, 0.3) is 0 Å². The van der Waals surface area contributed by atoms with Crippen molar-refractivity contribution >= 4 is 11.9 Å². The number of aliphatic carboxylic acids is 2. The largest absolute Gasteiger partial charge is 0.481 e. The van der Waals surface area contributed by atoms with Gasteiger partial charge in [-0.05, 0) is 29.2 Å². The number of carboxylic acids is 2. The summed E-state index contributed by atoms with van der Waals surface area (Å²) < 4.78 is 0. The first-order chi connectivity index (χ1) is 10.0. The predicted octanol–water partition coefficient (Wildman–Crippen LogP) is 2.74. The zero-order valence-electron chi connectivity index (χ0n) is 11.4. The van der Waals surface area contributed by atoms with Crippen LogP contribution in [0.15, 0.2) is 42.5 Å². The van der Waals surface area contributed by atoms with Crippen LogP contribution in [0.3, 0.4) is 0 Å². The van der Waals surface area contributed by atoms with Gasteiger partial charge >= 0.3 is 11.9 Å². The highest BCUT2D eigenvalue weighted by Crippen LogP contribution is 2.43. The van der Waals surface area contributed by atoms with Gasteiger partial charge in [-0.3, -0.25) is 9.59 Å². The third-order valence-corrected chi connectivity index (χ3v) is 3.98. The molecule has 0 amide bonds. The van der Waals surface area contributed by atoms with Gasteiger partial charge in [-0.15, -0.1) is 0 Å².